The molecule has 1 rings (SSSR count). The lowest BCUT2D eigenvalue weighted by Gasteiger charge is -2.18. The SMILES string of the molecule is CC(C)CC1CNC=C1C(C)C. The van der Waals surface area contributed by atoms with E-state index in [0.717, 1.165) is 18.4 Å². The van der Waals surface area contributed by atoms with Gasteiger partial charge < -0.3 is 5.32 Å². The first-order chi connectivity index (χ1) is 5.61. The van der Waals surface area contributed by atoms with E-state index in [4.69, 9.17) is 0 Å². The molecule has 0 aliphatic carbocycles. The van der Waals surface area contributed by atoms with E-state index in [1.165, 1.54) is 6.42 Å². The van der Waals surface area contributed by atoms with Gasteiger partial charge in [0.15, 0.2) is 0 Å². The summed E-state index contributed by atoms with van der Waals surface area (Å²) in [5.74, 6) is 2.32. The topological polar surface area (TPSA) is 12.0 Å². The Labute approximate surface area is 76.2 Å². The molecule has 0 bridgehead atoms. The first-order valence-electron chi connectivity index (χ1n) is 5.04. The largest absolute Gasteiger partial charge is 0.390 e. The lowest BCUT2D eigenvalue weighted by Crippen LogP contribution is -2.14. The molecule has 0 aromatic rings. The normalized spacial score (nSPS) is 23.2. The van der Waals surface area contributed by atoms with E-state index < -0.39 is 0 Å². The van der Waals surface area contributed by atoms with E-state index in [2.05, 4.69) is 39.2 Å². The molecule has 0 amide bonds. The van der Waals surface area contributed by atoms with Crippen LogP contribution in [0.2, 0.25) is 0 Å². The van der Waals surface area contributed by atoms with Crippen LogP contribution in [0.5, 0.6) is 0 Å². The highest BCUT2D eigenvalue weighted by Crippen LogP contribution is 2.28. The average molecular weight is 167 g/mol. The van der Waals surface area contributed by atoms with E-state index in [0.29, 0.717) is 5.92 Å². The van der Waals surface area contributed by atoms with Crippen molar-refractivity contribution in [1.29, 1.82) is 0 Å². The Kier molecular flexibility index (Phi) is 3.19. The van der Waals surface area contributed by atoms with Gasteiger partial charge in [0.25, 0.3) is 0 Å². The average Bonchev–Trinajstić information content (AvgIpc) is 2.33. The molecule has 1 aliphatic heterocycles. The summed E-state index contributed by atoms with van der Waals surface area (Å²) >= 11 is 0. The summed E-state index contributed by atoms with van der Waals surface area (Å²) < 4.78 is 0. The van der Waals surface area contributed by atoms with Crippen LogP contribution >= 0.6 is 0 Å². The van der Waals surface area contributed by atoms with Crippen LogP contribution in [0.1, 0.15) is 34.1 Å². The maximum atomic E-state index is 3.35. The van der Waals surface area contributed by atoms with Crippen molar-refractivity contribution in [1.82, 2.24) is 5.32 Å². The Morgan fingerprint density at radius 1 is 1.42 bits per heavy atom. The fourth-order valence-electron chi connectivity index (χ4n) is 1.98. The minimum Gasteiger partial charge on any atom is -0.390 e. The second-order valence-electron chi connectivity index (χ2n) is 4.53. The molecule has 1 unspecified atom stereocenters. The number of hydrogen-bond donors (Lipinski definition) is 1. The Bertz CT molecular complexity index is 168. The Balaban J connectivity index is 2.50. The van der Waals surface area contributed by atoms with Crippen molar-refractivity contribution < 1.29 is 0 Å². The van der Waals surface area contributed by atoms with Crippen molar-refractivity contribution in [3.63, 3.8) is 0 Å². The highest BCUT2D eigenvalue weighted by molar-refractivity contribution is 5.14. The molecule has 1 N–H and O–H groups in total. The second-order valence-corrected chi connectivity index (χ2v) is 4.53. The van der Waals surface area contributed by atoms with Gasteiger partial charge in [-0.1, -0.05) is 27.7 Å². The van der Waals surface area contributed by atoms with Gasteiger partial charge in [-0.05, 0) is 35.9 Å². The molecule has 1 heteroatoms. The third kappa shape index (κ3) is 2.26. The molecule has 0 aromatic carbocycles. The van der Waals surface area contributed by atoms with Crippen LogP contribution in [-0.4, -0.2) is 6.54 Å². The van der Waals surface area contributed by atoms with Gasteiger partial charge >= 0.3 is 0 Å². The first-order valence-corrected chi connectivity index (χ1v) is 5.04. The van der Waals surface area contributed by atoms with Crippen LogP contribution in [0.15, 0.2) is 11.8 Å². The Hall–Kier alpha value is -0.460. The minimum atomic E-state index is 0.712. The molecule has 0 saturated heterocycles. The summed E-state index contributed by atoms with van der Waals surface area (Å²) in [6.07, 6.45) is 3.55. The molecule has 0 radical (unpaired) electrons. The van der Waals surface area contributed by atoms with Crippen LogP contribution in [0, 0.1) is 17.8 Å². The first kappa shape index (κ1) is 9.63. The Morgan fingerprint density at radius 3 is 2.58 bits per heavy atom. The summed E-state index contributed by atoms with van der Waals surface area (Å²) in [4.78, 5) is 0. The van der Waals surface area contributed by atoms with E-state index in [9.17, 15) is 0 Å². The summed E-state index contributed by atoms with van der Waals surface area (Å²) in [5, 5.41) is 3.35. The van der Waals surface area contributed by atoms with Crippen molar-refractivity contribution in [3.8, 4) is 0 Å². The molecule has 0 saturated carbocycles. The molecule has 0 aromatic heterocycles. The summed E-state index contributed by atoms with van der Waals surface area (Å²) in [5.41, 5.74) is 1.61. The zero-order valence-corrected chi connectivity index (χ0v) is 8.72. The van der Waals surface area contributed by atoms with Gasteiger partial charge in [0.05, 0.1) is 0 Å². The number of rotatable bonds is 3. The van der Waals surface area contributed by atoms with E-state index >= 15 is 0 Å². The van der Waals surface area contributed by atoms with Crippen molar-refractivity contribution in [3.05, 3.63) is 11.8 Å². The molecule has 70 valence electrons. The predicted molar refractivity (Wildman–Crippen MR) is 53.9 cm³/mol. The van der Waals surface area contributed by atoms with Crippen LogP contribution in [0.3, 0.4) is 0 Å². The van der Waals surface area contributed by atoms with Crippen LogP contribution in [0.4, 0.5) is 0 Å². The van der Waals surface area contributed by atoms with Crippen LogP contribution in [0.25, 0.3) is 0 Å². The highest BCUT2D eigenvalue weighted by Gasteiger charge is 2.21. The van der Waals surface area contributed by atoms with Crippen molar-refractivity contribution >= 4 is 0 Å². The Morgan fingerprint density at radius 2 is 2.08 bits per heavy atom. The third-order valence-corrected chi connectivity index (χ3v) is 2.53. The minimum absolute atomic E-state index is 0.712. The van der Waals surface area contributed by atoms with Crippen LogP contribution in [-0.2, 0) is 0 Å². The van der Waals surface area contributed by atoms with Gasteiger partial charge in [-0.25, -0.2) is 0 Å². The molecule has 1 heterocycles. The smallest absolute Gasteiger partial charge is 0.0207 e. The monoisotopic (exact) mass is 167 g/mol. The molecule has 0 fully saturated rings. The van der Waals surface area contributed by atoms with Gasteiger partial charge in [0.2, 0.25) is 0 Å². The van der Waals surface area contributed by atoms with Gasteiger partial charge in [0.1, 0.15) is 0 Å². The number of hydrogen-bond acceptors (Lipinski definition) is 1. The van der Waals surface area contributed by atoms with Crippen LogP contribution < -0.4 is 5.32 Å². The fourth-order valence-corrected chi connectivity index (χ4v) is 1.98. The molecule has 0 spiro atoms. The maximum Gasteiger partial charge on any atom is 0.0207 e. The lowest BCUT2D eigenvalue weighted by molar-refractivity contribution is 0.446. The molecule has 12 heavy (non-hydrogen) atoms. The van der Waals surface area contributed by atoms with E-state index in [1.54, 1.807) is 5.57 Å². The van der Waals surface area contributed by atoms with E-state index in [1.807, 2.05) is 0 Å². The molecule has 1 aliphatic rings. The summed E-state index contributed by atoms with van der Waals surface area (Å²) in [7, 11) is 0. The summed E-state index contributed by atoms with van der Waals surface area (Å²) in [6, 6.07) is 0. The quantitative estimate of drug-likeness (QED) is 0.681. The van der Waals surface area contributed by atoms with Crippen molar-refractivity contribution in [2.75, 3.05) is 6.54 Å². The predicted octanol–water partition coefficient (Wildman–Crippen LogP) is 2.79. The van der Waals surface area contributed by atoms with Gasteiger partial charge in [-0.2, -0.15) is 0 Å². The molecular formula is C11H21N. The third-order valence-electron chi connectivity index (χ3n) is 2.53. The van der Waals surface area contributed by atoms with Crippen molar-refractivity contribution in [2.45, 2.75) is 34.1 Å². The molecule has 1 nitrogen and oxygen atoms in total. The maximum absolute atomic E-state index is 3.35. The number of nitrogens with one attached hydrogen (secondary N) is 1. The fraction of sp³-hybridized carbons (Fsp3) is 0.818. The van der Waals surface area contributed by atoms with Gasteiger partial charge in [-0.3, -0.25) is 0 Å². The zero-order chi connectivity index (χ0) is 9.14. The zero-order valence-electron chi connectivity index (χ0n) is 8.72. The molecule has 1 atom stereocenters. The lowest BCUT2D eigenvalue weighted by atomic mass is 9.87. The van der Waals surface area contributed by atoms with Crippen molar-refractivity contribution in [2.24, 2.45) is 17.8 Å². The van der Waals surface area contributed by atoms with E-state index in [-0.39, 0.29) is 0 Å². The van der Waals surface area contributed by atoms with Gasteiger partial charge in [0, 0.05) is 6.54 Å². The second kappa shape index (κ2) is 3.97. The van der Waals surface area contributed by atoms with Gasteiger partial charge in [-0.15, -0.1) is 0 Å². The highest BCUT2D eigenvalue weighted by atomic mass is 14.9. The molecular weight excluding hydrogens is 146 g/mol. The summed E-state index contributed by atoms with van der Waals surface area (Å²) in [6.45, 7) is 10.3. The standard InChI is InChI=1S/C11H21N/c1-8(2)5-10-6-12-7-11(10)9(3)4/h7-10,12H,5-6H2,1-4H3.